The first-order valence-electron chi connectivity index (χ1n) is 34.9. The molecule has 0 aromatic heterocycles. The van der Waals surface area contributed by atoms with Gasteiger partial charge in [0, 0.05) is 79.4 Å². The van der Waals surface area contributed by atoms with E-state index in [2.05, 4.69) is 40.9 Å². The summed E-state index contributed by atoms with van der Waals surface area (Å²) in [5.41, 5.74) is -3.53. The molecule has 6 amide bonds. The monoisotopic (exact) mass is 1540 g/mol. The molecule has 0 radical (unpaired) electrons. The zero-order valence-corrected chi connectivity index (χ0v) is 62.0. The van der Waals surface area contributed by atoms with Crippen LogP contribution in [0.1, 0.15) is 169 Å². The van der Waals surface area contributed by atoms with E-state index in [1.165, 1.54) is 56.1 Å². The quantitative estimate of drug-likeness (QED) is 0.0220. The van der Waals surface area contributed by atoms with E-state index >= 15 is 0 Å². The Morgan fingerprint density at radius 3 is 1.16 bits per heavy atom. The van der Waals surface area contributed by atoms with Crippen LogP contribution in [0.25, 0.3) is 0 Å². The van der Waals surface area contributed by atoms with Gasteiger partial charge in [0.25, 0.3) is 0 Å². The molecule has 594 valence electrons. The number of carbonyl (C=O) groups excluding carboxylic acids is 8. The zero-order chi connectivity index (χ0) is 74.8. The molecule has 16 unspecified atom stereocenters. The van der Waals surface area contributed by atoms with Gasteiger partial charge in [-0.1, -0.05) is 58.8 Å². The summed E-state index contributed by atoms with van der Waals surface area (Å²) in [6, 6.07) is -2.62. The van der Waals surface area contributed by atoms with E-state index in [0.717, 1.165) is 77.7 Å². The SMILES string of the molecule is C.COP(=O)(O)OCNC(=O)CCCC(=O)NC(COCCC(=O)CCCCCCCSC1OC(CO)C(O)C(O)C1NC(C)=O)(COCCC(=O)CCCCCCCSC1OC(CO)C(O)C(O)C1NC(C)=O)COCCC(=O)NCCCCCCSC1OC(CO)C(O)C(O)C1NC(C)=O. The molecule has 3 aliphatic rings. The van der Waals surface area contributed by atoms with Gasteiger partial charge < -0.3 is 111 Å². The molecular formula is C65H119N6O27PS3. The third-order valence-corrected chi connectivity index (χ3v) is 21.5. The number of hydrogen-bond donors (Lipinski definition) is 16. The summed E-state index contributed by atoms with van der Waals surface area (Å²) >= 11 is 4.07. The highest BCUT2D eigenvalue weighted by Crippen LogP contribution is 2.41. The van der Waals surface area contributed by atoms with Crippen molar-refractivity contribution in [3.63, 3.8) is 0 Å². The summed E-state index contributed by atoms with van der Waals surface area (Å²) in [7, 11) is -3.41. The second-order valence-corrected chi connectivity index (χ2v) is 30.6. The summed E-state index contributed by atoms with van der Waals surface area (Å²) < 4.78 is 56.3. The number of nitrogens with one attached hydrogen (secondary N) is 6. The molecule has 0 aromatic rings. The van der Waals surface area contributed by atoms with Gasteiger partial charge in [-0.2, -0.15) is 0 Å². The number of Topliss-reactive ketones (excluding diaryl/α,β-unsaturated/α-hetero) is 2. The number of carbonyl (C=O) groups is 8. The molecule has 0 bridgehead atoms. The maximum absolute atomic E-state index is 13.8. The summed E-state index contributed by atoms with van der Waals surface area (Å²) in [4.78, 5) is 111. The minimum absolute atomic E-state index is 0. The van der Waals surface area contributed by atoms with Crippen LogP contribution in [-0.4, -0.2) is 290 Å². The van der Waals surface area contributed by atoms with Crippen LogP contribution in [0.15, 0.2) is 0 Å². The Morgan fingerprint density at radius 2 is 0.784 bits per heavy atom. The highest BCUT2D eigenvalue weighted by Gasteiger charge is 2.47. The highest BCUT2D eigenvalue weighted by atomic mass is 32.2. The molecule has 0 aromatic carbocycles. The molecule has 0 aliphatic carbocycles. The third-order valence-electron chi connectivity index (χ3n) is 16.8. The number of phosphoric ester groups is 1. The number of phosphoric acid groups is 1. The number of amides is 6. The Kier molecular flexibility index (Phi) is 49.7. The first kappa shape index (κ1) is 94.8. The average Bonchev–Trinajstić information content (AvgIpc) is 0.823. The van der Waals surface area contributed by atoms with E-state index in [4.69, 9.17) is 28.4 Å². The molecule has 33 nitrogen and oxygen atoms in total. The lowest BCUT2D eigenvalue weighted by Gasteiger charge is -2.42. The maximum Gasteiger partial charge on any atom is 0.473 e. The van der Waals surface area contributed by atoms with Crippen molar-refractivity contribution in [2.24, 2.45) is 0 Å². The lowest BCUT2D eigenvalue weighted by Crippen LogP contribution is -2.63. The van der Waals surface area contributed by atoms with E-state index in [-0.39, 0.29) is 116 Å². The molecule has 3 rings (SSSR count). The fourth-order valence-electron chi connectivity index (χ4n) is 11.2. The second-order valence-electron chi connectivity index (χ2n) is 25.4. The van der Waals surface area contributed by atoms with Gasteiger partial charge >= 0.3 is 7.82 Å². The van der Waals surface area contributed by atoms with Crippen molar-refractivity contribution in [1.82, 2.24) is 31.9 Å². The zero-order valence-electron chi connectivity index (χ0n) is 58.7. The lowest BCUT2D eigenvalue weighted by molar-refractivity contribution is -0.173. The van der Waals surface area contributed by atoms with Gasteiger partial charge in [-0.05, 0) is 62.2 Å². The molecule has 0 saturated carbocycles. The van der Waals surface area contributed by atoms with Crippen LogP contribution in [0.4, 0.5) is 0 Å². The van der Waals surface area contributed by atoms with Crippen LogP contribution in [-0.2, 0) is 80.4 Å². The summed E-state index contributed by atoms with van der Waals surface area (Å²) in [6.07, 6.45) is -0.452. The summed E-state index contributed by atoms with van der Waals surface area (Å²) in [5.74, 6) is -0.985. The fraction of sp³-hybridized carbons (Fsp3) is 0.877. The summed E-state index contributed by atoms with van der Waals surface area (Å²) in [6.45, 7) is 1.15. The van der Waals surface area contributed by atoms with Crippen LogP contribution in [0.2, 0.25) is 0 Å². The van der Waals surface area contributed by atoms with E-state index in [1.807, 2.05) is 0 Å². The Labute approximate surface area is 611 Å². The van der Waals surface area contributed by atoms with E-state index in [9.17, 15) is 93.8 Å². The van der Waals surface area contributed by atoms with Crippen molar-refractivity contribution in [3.05, 3.63) is 0 Å². The lowest BCUT2D eigenvalue weighted by atomic mass is 9.98. The number of aliphatic hydroxyl groups excluding tert-OH is 9. The van der Waals surface area contributed by atoms with Gasteiger partial charge in [-0.25, -0.2) is 4.57 Å². The van der Waals surface area contributed by atoms with E-state index < -0.39 is 159 Å². The van der Waals surface area contributed by atoms with Crippen LogP contribution in [0.5, 0.6) is 0 Å². The molecular weight excluding hydrogens is 1420 g/mol. The molecule has 3 saturated heterocycles. The minimum Gasteiger partial charge on any atom is -0.394 e. The van der Waals surface area contributed by atoms with E-state index in [1.54, 1.807) is 0 Å². The van der Waals surface area contributed by atoms with Gasteiger partial charge in [0.05, 0.1) is 77.6 Å². The summed E-state index contributed by atoms with van der Waals surface area (Å²) in [5, 5.41) is 108. The number of aliphatic hydroxyl groups is 9. The predicted molar refractivity (Wildman–Crippen MR) is 379 cm³/mol. The topological polar surface area (TPSA) is 502 Å². The van der Waals surface area contributed by atoms with Gasteiger partial charge in [0.15, 0.2) is 0 Å². The van der Waals surface area contributed by atoms with Crippen molar-refractivity contribution in [2.45, 2.75) is 264 Å². The normalized spacial score (nSPS) is 26.1. The Hall–Kier alpha value is -3.28. The maximum atomic E-state index is 13.8. The van der Waals surface area contributed by atoms with Crippen molar-refractivity contribution >= 4 is 90.1 Å². The number of unbranched alkanes of at least 4 members (excludes halogenated alkanes) is 11. The average molecular weight is 1540 g/mol. The van der Waals surface area contributed by atoms with Gasteiger partial charge in [-0.3, -0.25) is 47.4 Å². The van der Waals surface area contributed by atoms with Gasteiger partial charge in [0.1, 0.15) is 95.1 Å². The Bertz CT molecular complexity index is 2270. The van der Waals surface area contributed by atoms with Gasteiger partial charge in [-0.15, -0.1) is 35.3 Å². The number of ketones is 2. The number of thioether (sulfide) groups is 3. The first-order valence-corrected chi connectivity index (χ1v) is 39.5. The smallest absolute Gasteiger partial charge is 0.394 e. The number of rotatable bonds is 56. The van der Waals surface area contributed by atoms with Gasteiger partial charge in [0.2, 0.25) is 35.4 Å². The molecule has 3 heterocycles. The fourth-order valence-corrected chi connectivity index (χ4v) is 15.3. The van der Waals surface area contributed by atoms with Crippen molar-refractivity contribution in [3.8, 4) is 0 Å². The number of hydrogen-bond acceptors (Lipinski definition) is 29. The second kappa shape index (κ2) is 53.5. The van der Waals surface area contributed by atoms with Crippen LogP contribution < -0.4 is 31.9 Å². The Morgan fingerprint density at radius 1 is 0.441 bits per heavy atom. The molecule has 16 N–H and O–H groups in total. The predicted octanol–water partition coefficient (Wildman–Crippen LogP) is 0.232. The number of ether oxygens (including phenoxy) is 6. The van der Waals surface area contributed by atoms with E-state index in [0.29, 0.717) is 43.1 Å². The van der Waals surface area contributed by atoms with Crippen LogP contribution in [0.3, 0.4) is 0 Å². The van der Waals surface area contributed by atoms with Crippen LogP contribution in [0, 0.1) is 0 Å². The van der Waals surface area contributed by atoms with Crippen molar-refractivity contribution in [2.75, 3.05) is 97.1 Å². The first-order chi connectivity index (χ1) is 48.2. The largest absolute Gasteiger partial charge is 0.473 e. The van der Waals surface area contributed by atoms with Crippen molar-refractivity contribution < 1.29 is 131 Å². The van der Waals surface area contributed by atoms with Crippen molar-refractivity contribution in [1.29, 1.82) is 0 Å². The standard InChI is InChI=1S/C64H115N6O27PS3.CH4/c1-41(74)67-52-58(85)55(82)46(34-71)95-61(52)99-31-16-10-5-7-13-20-44(77)24-28-91-37-64(70-51(81)23-19-22-49(79)66-40-94-98(88,89)90-4,38-92-29-25-45(78)21-14-8-6-11-17-32-100-62-53(68-42(2)75)59(86)56(83)47(35-72)96-62)39-93-30-26-50(80)65-27-15-9-12-18-33-101-63-54(69-43(3)76)60(87)57(84)48(36-73)97-63;/h46-48,52-63,71-73,82-87H,5-40H2,1-4H3,(H,65,80)(H,66,79)(H,67,74)(H,68,75)(H,69,76)(H,70,81)(H,88,89);1H4. The molecule has 37 heteroatoms. The van der Waals surface area contributed by atoms with Crippen LogP contribution >= 0.6 is 43.1 Å². The molecule has 3 fully saturated rings. The molecule has 0 spiro atoms. The molecule has 3 aliphatic heterocycles. The Balaban J connectivity index is 0.0000354. The molecule has 16 atom stereocenters. The third kappa shape index (κ3) is 38.0. The highest BCUT2D eigenvalue weighted by molar-refractivity contribution is 8.00. The molecule has 102 heavy (non-hydrogen) atoms. The minimum atomic E-state index is -4.37.